The second kappa shape index (κ2) is 9.67. The molecule has 1 aliphatic carbocycles. The lowest BCUT2D eigenvalue weighted by Gasteiger charge is -2.16. The summed E-state index contributed by atoms with van der Waals surface area (Å²) in [6.45, 7) is 4.50. The molecule has 0 spiro atoms. The van der Waals surface area contributed by atoms with Gasteiger partial charge in [-0.1, -0.05) is 19.4 Å². The van der Waals surface area contributed by atoms with Crippen molar-refractivity contribution in [2.45, 2.75) is 58.1 Å². The number of carbonyl (C=O) groups is 1. The number of carbonyl (C=O) groups excluding carboxylic acids is 1. The quantitative estimate of drug-likeness (QED) is 0.535. The maximum absolute atomic E-state index is 11.7. The summed E-state index contributed by atoms with van der Waals surface area (Å²) in [6.07, 6.45) is 8.14. The minimum absolute atomic E-state index is 0.0802. The van der Waals surface area contributed by atoms with E-state index >= 15 is 0 Å². The molecule has 24 heavy (non-hydrogen) atoms. The number of ether oxygens (including phenoxy) is 2. The first-order valence-corrected chi connectivity index (χ1v) is 9.30. The Morgan fingerprint density at radius 2 is 2.29 bits per heavy atom. The SMILES string of the molecule is CC=Cc1ccc(O[C@@H]2CC[C@H](NC(=O)OCCCC)C2)c(Br)n1. The van der Waals surface area contributed by atoms with E-state index in [1.165, 1.54) is 0 Å². The van der Waals surface area contributed by atoms with Crippen LogP contribution in [0.15, 0.2) is 22.8 Å². The zero-order chi connectivity index (χ0) is 17.4. The fraction of sp³-hybridized carbons (Fsp3) is 0.556. The first-order valence-electron chi connectivity index (χ1n) is 8.51. The van der Waals surface area contributed by atoms with Gasteiger partial charge in [0.05, 0.1) is 12.3 Å². The molecule has 1 fully saturated rings. The van der Waals surface area contributed by atoms with Gasteiger partial charge in [0.25, 0.3) is 0 Å². The van der Waals surface area contributed by atoms with E-state index in [0.717, 1.165) is 43.5 Å². The Morgan fingerprint density at radius 3 is 3.00 bits per heavy atom. The standard InChI is InChI=1S/C18H25BrN2O3/c1-3-5-11-23-18(22)21-14-7-9-15(12-14)24-16-10-8-13(6-4-2)20-17(16)19/h4,6,8,10,14-15H,3,5,7,9,11-12H2,1-2H3,(H,21,22)/t14-,15+/m0/s1. The van der Waals surface area contributed by atoms with E-state index in [2.05, 4.69) is 33.2 Å². The Labute approximate surface area is 152 Å². The van der Waals surface area contributed by atoms with E-state index in [9.17, 15) is 4.79 Å². The van der Waals surface area contributed by atoms with Gasteiger partial charge in [0.2, 0.25) is 0 Å². The number of rotatable bonds is 7. The molecule has 0 bridgehead atoms. The van der Waals surface area contributed by atoms with Gasteiger partial charge in [0.1, 0.15) is 10.7 Å². The number of hydrogen-bond donors (Lipinski definition) is 1. The summed E-state index contributed by atoms with van der Waals surface area (Å²) in [5.74, 6) is 0.736. The van der Waals surface area contributed by atoms with E-state index < -0.39 is 0 Å². The molecule has 2 atom stereocenters. The zero-order valence-corrected chi connectivity index (χ0v) is 15.8. The van der Waals surface area contributed by atoms with Gasteiger partial charge < -0.3 is 14.8 Å². The highest BCUT2D eigenvalue weighted by atomic mass is 79.9. The van der Waals surface area contributed by atoms with Crippen molar-refractivity contribution in [2.75, 3.05) is 6.61 Å². The monoisotopic (exact) mass is 396 g/mol. The van der Waals surface area contributed by atoms with Crippen molar-refractivity contribution < 1.29 is 14.3 Å². The second-order valence-electron chi connectivity index (χ2n) is 5.91. The van der Waals surface area contributed by atoms with Crippen molar-refractivity contribution in [3.05, 3.63) is 28.5 Å². The van der Waals surface area contributed by atoms with Crippen LogP contribution in [0.5, 0.6) is 5.75 Å². The highest BCUT2D eigenvalue weighted by Crippen LogP contribution is 2.29. The molecular formula is C18H25BrN2O3. The molecule has 0 saturated heterocycles. The number of nitrogens with zero attached hydrogens (tertiary/aromatic N) is 1. The summed E-state index contributed by atoms with van der Waals surface area (Å²) >= 11 is 3.46. The fourth-order valence-electron chi connectivity index (χ4n) is 2.66. The van der Waals surface area contributed by atoms with Gasteiger partial charge in [0.15, 0.2) is 5.75 Å². The molecule has 1 heterocycles. The normalized spacial score (nSPS) is 20.3. The number of amides is 1. The number of alkyl carbamates (subject to hydrolysis) is 1. The average molecular weight is 397 g/mol. The third kappa shape index (κ3) is 5.82. The van der Waals surface area contributed by atoms with E-state index in [1.807, 2.05) is 31.2 Å². The molecule has 1 N–H and O–H groups in total. The molecule has 0 aromatic carbocycles. The van der Waals surface area contributed by atoms with Gasteiger partial charge in [0, 0.05) is 12.5 Å². The van der Waals surface area contributed by atoms with Gasteiger partial charge in [-0.3, -0.25) is 0 Å². The number of pyridine rings is 1. The number of aromatic nitrogens is 1. The number of hydrogen-bond acceptors (Lipinski definition) is 4. The van der Waals surface area contributed by atoms with Gasteiger partial charge in [-0.2, -0.15) is 0 Å². The van der Waals surface area contributed by atoms with Crippen LogP contribution in [-0.4, -0.2) is 29.8 Å². The van der Waals surface area contributed by atoms with Crippen LogP contribution in [0.4, 0.5) is 4.79 Å². The summed E-state index contributed by atoms with van der Waals surface area (Å²) in [5, 5.41) is 2.92. The van der Waals surface area contributed by atoms with Crippen molar-refractivity contribution in [3.63, 3.8) is 0 Å². The first kappa shape index (κ1) is 18.8. The molecule has 6 heteroatoms. The van der Waals surface area contributed by atoms with Crippen molar-refractivity contribution in [1.29, 1.82) is 0 Å². The predicted octanol–water partition coefficient (Wildman–Crippen LogP) is 4.70. The lowest BCUT2D eigenvalue weighted by Crippen LogP contribution is -2.34. The largest absolute Gasteiger partial charge is 0.488 e. The predicted molar refractivity (Wildman–Crippen MR) is 98.1 cm³/mol. The van der Waals surface area contributed by atoms with Gasteiger partial charge in [-0.15, -0.1) is 0 Å². The van der Waals surface area contributed by atoms with Crippen molar-refractivity contribution in [3.8, 4) is 5.75 Å². The Morgan fingerprint density at radius 1 is 1.46 bits per heavy atom. The molecule has 132 valence electrons. The van der Waals surface area contributed by atoms with Gasteiger partial charge in [-0.05, 0) is 60.3 Å². The molecule has 5 nitrogen and oxygen atoms in total. The van der Waals surface area contributed by atoms with Crippen molar-refractivity contribution >= 4 is 28.1 Å². The Balaban J connectivity index is 1.80. The summed E-state index contributed by atoms with van der Waals surface area (Å²) in [6, 6.07) is 3.96. The molecule has 1 amide bonds. The van der Waals surface area contributed by atoms with Crippen LogP contribution < -0.4 is 10.1 Å². The van der Waals surface area contributed by atoms with Crippen molar-refractivity contribution in [1.82, 2.24) is 10.3 Å². The third-order valence-corrected chi connectivity index (χ3v) is 4.47. The molecule has 1 saturated carbocycles. The average Bonchev–Trinajstić information content (AvgIpc) is 2.97. The molecule has 1 aliphatic rings. The summed E-state index contributed by atoms with van der Waals surface area (Å²) in [4.78, 5) is 16.1. The fourth-order valence-corrected chi connectivity index (χ4v) is 3.09. The maximum atomic E-state index is 11.7. The van der Waals surface area contributed by atoms with Gasteiger partial charge >= 0.3 is 6.09 Å². The smallest absolute Gasteiger partial charge is 0.407 e. The highest BCUT2D eigenvalue weighted by Gasteiger charge is 2.28. The second-order valence-corrected chi connectivity index (χ2v) is 6.66. The molecule has 1 aromatic rings. The summed E-state index contributed by atoms with van der Waals surface area (Å²) in [7, 11) is 0. The Bertz CT molecular complexity index is 577. The van der Waals surface area contributed by atoms with E-state index in [1.54, 1.807) is 0 Å². The van der Waals surface area contributed by atoms with Crippen LogP contribution >= 0.6 is 15.9 Å². The number of allylic oxidation sites excluding steroid dienone is 1. The first-order chi connectivity index (χ1) is 11.6. The maximum Gasteiger partial charge on any atom is 0.407 e. The van der Waals surface area contributed by atoms with Crippen LogP contribution in [0, 0.1) is 0 Å². The Kier molecular flexibility index (Phi) is 7.56. The Hall–Kier alpha value is -1.56. The zero-order valence-electron chi connectivity index (χ0n) is 14.3. The van der Waals surface area contributed by atoms with Crippen LogP contribution in [0.1, 0.15) is 51.6 Å². The molecule has 0 aliphatic heterocycles. The van der Waals surface area contributed by atoms with Gasteiger partial charge in [-0.25, -0.2) is 9.78 Å². The number of unbranched alkanes of at least 4 members (excludes halogenated alkanes) is 1. The number of halogens is 1. The highest BCUT2D eigenvalue weighted by molar-refractivity contribution is 9.10. The van der Waals surface area contributed by atoms with E-state index in [-0.39, 0.29) is 18.2 Å². The lowest BCUT2D eigenvalue weighted by atomic mass is 10.2. The molecule has 1 aromatic heterocycles. The third-order valence-electron chi connectivity index (χ3n) is 3.90. The molecule has 0 unspecified atom stereocenters. The van der Waals surface area contributed by atoms with Crippen LogP contribution in [0.3, 0.4) is 0 Å². The number of nitrogens with one attached hydrogen (secondary N) is 1. The minimum atomic E-state index is -0.326. The summed E-state index contributed by atoms with van der Waals surface area (Å²) in [5.41, 5.74) is 0.887. The molecular weight excluding hydrogens is 372 g/mol. The summed E-state index contributed by atoms with van der Waals surface area (Å²) < 4.78 is 11.9. The van der Waals surface area contributed by atoms with E-state index in [0.29, 0.717) is 11.2 Å². The van der Waals surface area contributed by atoms with E-state index in [4.69, 9.17) is 9.47 Å². The minimum Gasteiger partial charge on any atom is -0.488 e. The van der Waals surface area contributed by atoms with Crippen LogP contribution in [0.2, 0.25) is 0 Å². The topological polar surface area (TPSA) is 60.5 Å². The van der Waals surface area contributed by atoms with Crippen molar-refractivity contribution in [2.24, 2.45) is 0 Å². The molecule has 0 radical (unpaired) electrons. The molecule has 2 rings (SSSR count). The van der Waals surface area contributed by atoms with Crippen LogP contribution in [0.25, 0.3) is 6.08 Å². The lowest BCUT2D eigenvalue weighted by molar-refractivity contribution is 0.139. The van der Waals surface area contributed by atoms with Crippen LogP contribution in [-0.2, 0) is 4.74 Å².